The molecule has 4 nitrogen and oxygen atoms in total. The predicted octanol–water partition coefficient (Wildman–Crippen LogP) is 1.73. The Morgan fingerprint density at radius 3 is 2.59 bits per heavy atom. The number of ketones is 2. The van der Waals surface area contributed by atoms with Crippen molar-refractivity contribution in [3.63, 3.8) is 0 Å². The Balaban J connectivity index is 2.42. The van der Waals surface area contributed by atoms with Crippen LogP contribution in [0.25, 0.3) is 0 Å². The second-order valence-corrected chi connectivity index (χ2v) is 5.03. The van der Waals surface area contributed by atoms with Crippen molar-refractivity contribution < 1.29 is 9.59 Å². The highest BCUT2D eigenvalue weighted by Gasteiger charge is 2.28. The van der Waals surface area contributed by atoms with E-state index in [-0.39, 0.29) is 22.8 Å². The summed E-state index contributed by atoms with van der Waals surface area (Å²) in [5.74, 6) is -0.408. The zero-order valence-electron chi connectivity index (χ0n) is 10.1. The Morgan fingerprint density at radius 1 is 1.24 bits per heavy atom. The van der Waals surface area contributed by atoms with E-state index in [0.717, 1.165) is 0 Å². The number of Topliss-reactive ketones (excluding diaryl/α,β-unsaturated/α-hetero) is 1. The zero-order valence-corrected chi connectivity index (χ0v) is 10.1. The van der Waals surface area contributed by atoms with Crippen LogP contribution in [0, 0.1) is 0 Å². The minimum Gasteiger partial charge on any atom is -0.377 e. The van der Waals surface area contributed by atoms with E-state index in [1.54, 1.807) is 12.1 Å². The van der Waals surface area contributed by atoms with Crippen LogP contribution in [0.3, 0.4) is 0 Å². The smallest absolute Gasteiger partial charge is 0.228 e. The number of aromatic nitrogens is 1. The Hall–Kier alpha value is -1.97. The normalized spacial score (nSPS) is 15.4. The maximum Gasteiger partial charge on any atom is 0.228 e. The molecule has 4 heteroatoms. The molecule has 1 aliphatic carbocycles. The molecule has 0 radical (unpaired) electrons. The number of hydrogen-bond acceptors (Lipinski definition) is 4. The molecule has 17 heavy (non-hydrogen) atoms. The van der Waals surface area contributed by atoms with Gasteiger partial charge in [0.1, 0.15) is 5.69 Å². The van der Waals surface area contributed by atoms with E-state index in [4.69, 9.17) is 0 Å². The van der Waals surface area contributed by atoms with E-state index in [1.165, 1.54) is 12.3 Å². The highest BCUT2D eigenvalue weighted by Crippen LogP contribution is 2.19. The molecule has 0 unspecified atom stereocenters. The predicted molar refractivity (Wildman–Crippen MR) is 63.9 cm³/mol. The molecule has 1 aliphatic rings. The number of nitrogens with one attached hydrogen (secondary N) is 1. The van der Waals surface area contributed by atoms with Crippen LogP contribution in [0.2, 0.25) is 0 Å². The third kappa shape index (κ3) is 2.25. The quantitative estimate of drug-likeness (QED) is 0.798. The summed E-state index contributed by atoms with van der Waals surface area (Å²) < 4.78 is 0. The fourth-order valence-corrected chi connectivity index (χ4v) is 1.68. The first-order valence-corrected chi connectivity index (χ1v) is 5.42. The molecular weight excluding hydrogens is 216 g/mol. The topological polar surface area (TPSA) is 59.1 Å². The lowest BCUT2D eigenvalue weighted by atomic mass is 9.96. The van der Waals surface area contributed by atoms with Crippen LogP contribution in [-0.4, -0.2) is 22.1 Å². The summed E-state index contributed by atoms with van der Waals surface area (Å²) >= 11 is 0. The van der Waals surface area contributed by atoms with Crippen molar-refractivity contribution in [3.8, 4) is 0 Å². The molecule has 0 saturated carbocycles. The monoisotopic (exact) mass is 230 g/mol. The third-order valence-electron chi connectivity index (χ3n) is 2.32. The van der Waals surface area contributed by atoms with Gasteiger partial charge in [0.05, 0.1) is 11.3 Å². The molecular formula is C13H14N2O2. The van der Waals surface area contributed by atoms with E-state index < -0.39 is 0 Å². The molecule has 0 atom stereocenters. The van der Waals surface area contributed by atoms with Gasteiger partial charge in [-0.05, 0) is 32.9 Å². The van der Waals surface area contributed by atoms with Gasteiger partial charge in [-0.3, -0.25) is 14.6 Å². The van der Waals surface area contributed by atoms with Crippen LogP contribution in [0.4, 0.5) is 0 Å². The molecule has 88 valence electrons. The van der Waals surface area contributed by atoms with Gasteiger partial charge >= 0.3 is 0 Å². The van der Waals surface area contributed by atoms with E-state index in [2.05, 4.69) is 10.3 Å². The summed E-state index contributed by atoms with van der Waals surface area (Å²) in [5.41, 5.74) is 0.644. The van der Waals surface area contributed by atoms with Crippen molar-refractivity contribution in [1.29, 1.82) is 0 Å². The average molecular weight is 230 g/mol. The fraction of sp³-hybridized carbons (Fsp3) is 0.308. The van der Waals surface area contributed by atoms with Crippen LogP contribution < -0.4 is 5.32 Å². The van der Waals surface area contributed by atoms with Gasteiger partial charge in [0.15, 0.2) is 5.78 Å². The van der Waals surface area contributed by atoms with Crippen molar-refractivity contribution in [3.05, 3.63) is 41.4 Å². The van der Waals surface area contributed by atoms with E-state index >= 15 is 0 Å². The molecule has 1 aromatic heterocycles. The van der Waals surface area contributed by atoms with Crippen molar-refractivity contribution in [2.24, 2.45) is 0 Å². The number of nitrogens with zero attached hydrogens (tertiary/aromatic N) is 1. The van der Waals surface area contributed by atoms with Crippen molar-refractivity contribution >= 4 is 11.6 Å². The maximum atomic E-state index is 12.1. The number of hydrogen-bond donors (Lipinski definition) is 1. The Labute approximate surface area is 99.7 Å². The molecule has 0 amide bonds. The summed E-state index contributed by atoms with van der Waals surface area (Å²) in [6.07, 6.45) is 2.86. The van der Waals surface area contributed by atoms with E-state index in [0.29, 0.717) is 11.3 Å². The minimum atomic E-state index is -0.270. The largest absolute Gasteiger partial charge is 0.377 e. The minimum absolute atomic E-state index is 0.181. The Kier molecular flexibility index (Phi) is 2.58. The SMILES string of the molecule is CC(C)(C)NC1=CC(=O)c2cccnc2C1=O. The van der Waals surface area contributed by atoms with Gasteiger partial charge in [-0.2, -0.15) is 0 Å². The van der Waals surface area contributed by atoms with Crippen molar-refractivity contribution in [2.45, 2.75) is 26.3 Å². The van der Waals surface area contributed by atoms with Crippen LogP contribution in [-0.2, 0) is 0 Å². The van der Waals surface area contributed by atoms with Crippen LogP contribution >= 0.6 is 0 Å². The molecule has 0 aromatic carbocycles. The second-order valence-electron chi connectivity index (χ2n) is 5.03. The average Bonchev–Trinajstić information content (AvgIpc) is 2.24. The first-order chi connectivity index (χ1) is 7.88. The van der Waals surface area contributed by atoms with E-state index in [9.17, 15) is 9.59 Å². The van der Waals surface area contributed by atoms with Crippen LogP contribution in [0.15, 0.2) is 30.1 Å². The first kappa shape index (κ1) is 11.5. The number of pyridine rings is 1. The van der Waals surface area contributed by atoms with E-state index in [1.807, 2.05) is 20.8 Å². The molecule has 1 N–H and O–H groups in total. The molecule has 0 bridgehead atoms. The number of fused-ring (bicyclic) bond motifs is 1. The molecule has 1 heterocycles. The summed E-state index contributed by atoms with van der Waals surface area (Å²) in [6.45, 7) is 5.79. The zero-order chi connectivity index (χ0) is 12.6. The number of rotatable bonds is 1. The lowest BCUT2D eigenvalue weighted by Gasteiger charge is -2.25. The highest BCUT2D eigenvalue weighted by molar-refractivity contribution is 6.23. The van der Waals surface area contributed by atoms with Gasteiger partial charge in [-0.25, -0.2) is 0 Å². The number of carbonyl (C=O) groups excluding carboxylic acids is 2. The highest BCUT2D eigenvalue weighted by atomic mass is 16.1. The number of carbonyl (C=O) groups is 2. The van der Waals surface area contributed by atoms with Gasteiger partial charge in [0.2, 0.25) is 5.78 Å². The lowest BCUT2D eigenvalue weighted by Crippen LogP contribution is -2.39. The molecule has 0 spiro atoms. The number of allylic oxidation sites excluding steroid dienone is 2. The van der Waals surface area contributed by atoms with Crippen LogP contribution in [0.1, 0.15) is 41.6 Å². The molecule has 0 aliphatic heterocycles. The molecule has 1 aromatic rings. The van der Waals surface area contributed by atoms with Crippen molar-refractivity contribution in [1.82, 2.24) is 10.3 Å². The Bertz CT molecular complexity index is 524. The van der Waals surface area contributed by atoms with Crippen LogP contribution in [0.5, 0.6) is 0 Å². The van der Waals surface area contributed by atoms with Gasteiger partial charge in [-0.1, -0.05) is 0 Å². The maximum absolute atomic E-state index is 12.1. The van der Waals surface area contributed by atoms with Gasteiger partial charge < -0.3 is 5.32 Å². The fourth-order valence-electron chi connectivity index (χ4n) is 1.68. The molecule has 0 fully saturated rings. The molecule has 2 rings (SSSR count). The third-order valence-corrected chi connectivity index (χ3v) is 2.32. The molecule has 0 saturated heterocycles. The van der Waals surface area contributed by atoms with Gasteiger partial charge in [0, 0.05) is 17.8 Å². The summed E-state index contributed by atoms with van der Waals surface area (Å²) in [5, 5.41) is 3.03. The summed E-state index contributed by atoms with van der Waals surface area (Å²) in [4.78, 5) is 27.9. The van der Waals surface area contributed by atoms with Crippen molar-refractivity contribution in [2.75, 3.05) is 0 Å². The standard InChI is InChI=1S/C13H14N2O2/c1-13(2,3)15-9-7-10(16)8-5-4-6-14-11(8)12(9)17/h4-7,15H,1-3H3. The first-order valence-electron chi connectivity index (χ1n) is 5.42. The van der Waals surface area contributed by atoms with Gasteiger partial charge in [-0.15, -0.1) is 0 Å². The van der Waals surface area contributed by atoms with Gasteiger partial charge in [0.25, 0.3) is 0 Å². The summed E-state index contributed by atoms with van der Waals surface area (Å²) in [6, 6.07) is 3.27. The second kappa shape index (κ2) is 3.80. The Morgan fingerprint density at radius 2 is 1.94 bits per heavy atom. The lowest BCUT2D eigenvalue weighted by molar-refractivity contribution is 0.0970. The summed E-state index contributed by atoms with van der Waals surface area (Å²) in [7, 11) is 0.